The average molecular weight is 272 g/mol. The first-order chi connectivity index (χ1) is 9.11. The number of hydrogen-bond acceptors (Lipinski definition) is 3. The van der Waals surface area contributed by atoms with Gasteiger partial charge in [0.15, 0.2) is 5.96 Å². The quantitative estimate of drug-likeness (QED) is 0.358. The van der Waals surface area contributed by atoms with Crippen molar-refractivity contribution in [1.29, 1.82) is 0 Å². The van der Waals surface area contributed by atoms with E-state index in [-0.39, 0.29) is 0 Å². The normalized spacial score (nSPS) is 12.3. The van der Waals surface area contributed by atoms with Gasteiger partial charge in [-0.3, -0.25) is 4.99 Å². The first-order valence-electron chi connectivity index (χ1n) is 7.25. The smallest absolute Gasteiger partial charge is 0.190 e. The van der Waals surface area contributed by atoms with Crippen molar-refractivity contribution in [3.63, 3.8) is 0 Å². The van der Waals surface area contributed by atoms with Crippen molar-refractivity contribution in [2.24, 2.45) is 4.99 Å². The monoisotopic (exact) mass is 272 g/mol. The van der Waals surface area contributed by atoms with Crippen LogP contribution in [0.3, 0.4) is 0 Å². The van der Waals surface area contributed by atoms with E-state index in [1.54, 1.807) is 14.2 Å². The Morgan fingerprint density at radius 3 is 2.32 bits per heavy atom. The molecule has 0 saturated heterocycles. The molecule has 0 aromatic heterocycles. The van der Waals surface area contributed by atoms with Gasteiger partial charge in [-0.1, -0.05) is 0 Å². The van der Waals surface area contributed by atoms with Gasteiger partial charge in [0, 0.05) is 39.9 Å². The highest BCUT2D eigenvalue weighted by atomic mass is 16.5. The summed E-state index contributed by atoms with van der Waals surface area (Å²) >= 11 is 0. The highest BCUT2D eigenvalue weighted by Gasteiger charge is 2.02. The summed E-state index contributed by atoms with van der Waals surface area (Å²) in [5.41, 5.74) is 0. The molecule has 0 heterocycles. The Hall–Kier alpha value is -0.810. The molecule has 0 aromatic rings. The van der Waals surface area contributed by atoms with Gasteiger partial charge in [-0.2, -0.15) is 0 Å². The maximum atomic E-state index is 5.01. The van der Waals surface area contributed by atoms with Crippen LogP contribution in [0.15, 0.2) is 4.99 Å². The highest BCUT2D eigenvalue weighted by Crippen LogP contribution is 1.97. The third-order valence-electron chi connectivity index (χ3n) is 3.15. The Labute approximate surface area is 118 Å². The Morgan fingerprint density at radius 1 is 1.16 bits per heavy atom. The van der Waals surface area contributed by atoms with Crippen molar-refractivity contribution in [2.75, 3.05) is 47.4 Å². The van der Waals surface area contributed by atoms with Crippen molar-refractivity contribution >= 4 is 5.96 Å². The van der Waals surface area contributed by atoms with Crippen LogP contribution in [0.1, 0.15) is 33.1 Å². The highest BCUT2D eigenvalue weighted by molar-refractivity contribution is 5.79. The van der Waals surface area contributed by atoms with Crippen LogP contribution in [0.5, 0.6) is 0 Å². The topological polar surface area (TPSA) is 48.9 Å². The number of methoxy groups -OCH3 is 1. The summed E-state index contributed by atoms with van der Waals surface area (Å²) in [7, 11) is 5.70. The molecule has 0 saturated carbocycles. The second-order valence-corrected chi connectivity index (χ2v) is 5.05. The van der Waals surface area contributed by atoms with E-state index in [0.717, 1.165) is 45.0 Å². The summed E-state index contributed by atoms with van der Waals surface area (Å²) in [6, 6.07) is 0.628. The molecule has 0 fully saturated rings. The van der Waals surface area contributed by atoms with Gasteiger partial charge in [-0.25, -0.2) is 0 Å². The minimum absolute atomic E-state index is 0.628. The first kappa shape index (κ1) is 18.2. The zero-order chi connectivity index (χ0) is 14.5. The predicted molar refractivity (Wildman–Crippen MR) is 82.9 cm³/mol. The fraction of sp³-hybridized carbons (Fsp3) is 0.929. The van der Waals surface area contributed by atoms with E-state index in [1.807, 2.05) is 0 Å². The molecule has 0 bridgehead atoms. The standard InChI is InChI=1S/C14H32N4O/c1-13(2)18(4)11-7-6-9-16-14(15-3)17-10-8-12-19-5/h13H,6-12H2,1-5H3,(H2,15,16,17). The second kappa shape index (κ2) is 12.2. The molecule has 0 spiro atoms. The van der Waals surface area contributed by atoms with Gasteiger partial charge in [-0.05, 0) is 46.7 Å². The van der Waals surface area contributed by atoms with Gasteiger partial charge in [0.2, 0.25) is 0 Å². The number of nitrogens with zero attached hydrogens (tertiary/aromatic N) is 2. The van der Waals surface area contributed by atoms with Crippen LogP contribution in [0.4, 0.5) is 0 Å². The molecule has 0 atom stereocenters. The van der Waals surface area contributed by atoms with Gasteiger partial charge in [0.05, 0.1) is 0 Å². The van der Waals surface area contributed by atoms with Crippen LogP contribution in [-0.2, 0) is 4.74 Å². The van der Waals surface area contributed by atoms with E-state index in [0.29, 0.717) is 6.04 Å². The largest absolute Gasteiger partial charge is 0.385 e. The van der Waals surface area contributed by atoms with Gasteiger partial charge in [-0.15, -0.1) is 0 Å². The molecule has 2 N–H and O–H groups in total. The molecular weight excluding hydrogens is 240 g/mol. The van der Waals surface area contributed by atoms with Gasteiger partial charge < -0.3 is 20.3 Å². The number of unbranched alkanes of at least 4 members (excludes halogenated alkanes) is 1. The predicted octanol–water partition coefficient (Wildman–Crippen LogP) is 1.31. The van der Waals surface area contributed by atoms with Gasteiger partial charge in [0.1, 0.15) is 0 Å². The molecule has 5 heteroatoms. The summed E-state index contributed by atoms with van der Waals surface area (Å²) < 4.78 is 5.01. The number of nitrogens with one attached hydrogen (secondary N) is 2. The first-order valence-corrected chi connectivity index (χ1v) is 7.25. The minimum Gasteiger partial charge on any atom is -0.385 e. The fourth-order valence-corrected chi connectivity index (χ4v) is 1.60. The molecule has 0 aromatic carbocycles. The van der Waals surface area contributed by atoms with Crippen molar-refractivity contribution in [3.8, 4) is 0 Å². The van der Waals surface area contributed by atoms with Crippen LogP contribution in [0.25, 0.3) is 0 Å². The zero-order valence-corrected chi connectivity index (χ0v) is 13.3. The molecule has 19 heavy (non-hydrogen) atoms. The average Bonchev–Trinajstić information content (AvgIpc) is 2.40. The van der Waals surface area contributed by atoms with Crippen LogP contribution in [0.2, 0.25) is 0 Å². The van der Waals surface area contributed by atoms with E-state index in [2.05, 4.69) is 41.4 Å². The summed E-state index contributed by atoms with van der Waals surface area (Å²) in [6.45, 7) is 8.25. The molecule has 0 aliphatic carbocycles. The molecule has 5 nitrogen and oxygen atoms in total. The third-order valence-corrected chi connectivity index (χ3v) is 3.15. The molecule has 0 aliphatic rings. The van der Waals surface area contributed by atoms with E-state index in [9.17, 15) is 0 Å². The second-order valence-electron chi connectivity index (χ2n) is 5.05. The lowest BCUT2D eigenvalue weighted by molar-refractivity contribution is 0.195. The lowest BCUT2D eigenvalue weighted by atomic mass is 10.2. The molecule has 0 aliphatic heterocycles. The van der Waals surface area contributed by atoms with Crippen molar-refractivity contribution in [1.82, 2.24) is 15.5 Å². The Bertz CT molecular complexity index is 231. The molecule has 114 valence electrons. The van der Waals surface area contributed by atoms with Crippen LogP contribution < -0.4 is 10.6 Å². The molecule has 0 unspecified atom stereocenters. The molecule has 0 rings (SSSR count). The van der Waals surface area contributed by atoms with Gasteiger partial charge >= 0.3 is 0 Å². The minimum atomic E-state index is 0.628. The molecule has 0 radical (unpaired) electrons. The van der Waals surface area contributed by atoms with E-state index >= 15 is 0 Å². The van der Waals surface area contributed by atoms with Crippen molar-refractivity contribution in [3.05, 3.63) is 0 Å². The third kappa shape index (κ3) is 10.8. The van der Waals surface area contributed by atoms with Crippen LogP contribution >= 0.6 is 0 Å². The number of aliphatic imine (C=N–C) groups is 1. The lowest BCUT2D eigenvalue weighted by Crippen LogP contribution is -2.38. The summed E-state index contributed by atoms with van der Waals surface area (Å²) in [5, 5.41) is 6.60. The number of guanidine groups is 1. The summed E-state index contributed by atoms with van der Waals surface area (Å²) in [4.78, 5) is 6.56. The Kier molecular flexibility index (Phi) is 11.7. The number of hydrogen-bond donors (Lipinski definition) is 2. The number of rotatable bonds is 10. The van der Waals surface area contributed by atoms with E-state index < -0.39 is 0 Å². The molecular formula is C14H32N4O. The summed E-state index contributed by atoms with van der Waals surface area (Å²) in [5.74, 6) is 0.883. The lowest BCUT2D eigenvalue weighted by Gasteiger charge is -2.20. The van der Waals surface area contributed by atoms with E-state index in [4.69, 9.17) is 4.74 Å². The van der Waals surface area contributed by atoms with Crippen molar-refractivity contribution < 1.29 is 4.74 Å². The Balaban J connectivity index is 3.51. The molecule has 0 amide bonds. The summed E-state index contributed by atoms with van der Waals surface area (Å²) in [6.07, 6.45) is 3.37. The van der Waals surface area contributed by atoms with Crippen LogP contribution in [-0.4, -0.2) is 64.3 Å². The SMILES string of the molecule is CN=C(NCCCCN(C)C(C)C)NCCCOC. The van der Waals surface area contributed by atoms with Gasteiger partial charge in [0.25, 0.3) is 0 Å². The zero-order valence-electron chi connectivity index (χ0n) is 13.3. The fourth-order valence-electron chi connectivity index (χ4n) is 1.60. The van der Waals surface area contributed by atoms with Crippen LogP contribution in [0, 0.1) is 0 Å². The van der Waals surface area contributed by atoms with Crippen molar-refractivity contribution in [2.45, 2.75) is 39.2 Å². The maximum absolute atomic E-state index is 5.01. The maximum Gasteiger partial charge on any atom is 0.190 e. The Morgan fingerprint density at radius 2 is 1.79 bits per heavy atom. The van der Waals surface area contributed by atoms with E-state index in [1.165, 1.54) is 6.42 Å². The number of ether oxygens (including phenoxy) is 1.